The van der Waals surface area contributed by atoms with Gasteiger partial charge in [0, 0.05) is 27.7 Å². The third kappa shape index (κ3) is 4.91. The van der Waals surface area contributed by atoms with Crippen LogP contribution in [0.2, 0.25) is 10.0 Å². The zero-order valence-electron chi connectivity index (χ0n) is 12.6. The van der Waals surface area contributed by atoms with Crippen molar-refractivity contribution < 1.29 is 19.6 Å². The second-order valence-corrected chi connectivity index (χ2v) is 5.94. The van der Waals surface area contributed by atoms with E-state index in [1.54, 1.807) is 0 Å². The highest BCUT2D eigenvalue weighted by atomic mass is 35.5. The third-order valence-corrected chi connectivity index (χ3v) is 3.90. The summed E-state index contributed by atoms with van der Waals surface area (Å²) < 4.78 is 0. The van der Waals surface area contributed by atoms with Crippen LogP contribution in [0.4, 0.5) is 5.69 Å². The lowest BCUT2D eigenvalue weighted by atomic mass is 10.0. The number of rotatable bonds is 6. The number of carbonyl (C=O) groups excluding carboxylic acids is 1. The predicted octanol–water partition coefficient (Wildman–Crippen LogP) is 3.85. The maximum Gasteiger partial charge on any atom is 0.305 e. The summed E-state index contributed by atoms with van der Waals surface area (Å²) in [5.41, 5.74) is 0.175. The van der Waals surface area contributed by atoms with Gasteiger partial charge < -0.3 is 10.4 Å². The molecule has 0 fully saturated rings. The van der Waals surface area contributed by atoms with Gasteiger partial charge >= 0.3 is 5.97 Å². The number of carboxylic acid groups (broad SMARTS) is 1. The molecule has 0 aliphatic carbocycles. The normalized spacial score (nSPS) is 11.6. The molecule has 9 heteroatoms. The van der Waals surface area contributed by atoms with Crippen molar-refractivity contribution in [3.05, 3.63) is 73.8 Å². The van der Waals surface area contributed by atoms with Gasteiger partial charge in [-0.05, 0) is 23.8 Å². The van der Waals surface area contributed by atoms with Gasteiger partial charge in [0.25, 0.3) is 11.6 Å². The van der Waals surface area contributed by atoms with E-state index in [4.69, 9.17) is 28.3 Å². The number of nitro groups is 1. The number of nitrogens with one attached hydrogen (secondary N) is 1. The fourth-order valence-electron chi connectivity index (χ4n) is 2.20. The molecule has 0 spiro atoms. The summed E-state index contributed by atoms with van der Waals surface area (Å²) >= 11 is 11.9. The van der Waals surface area contributed by atoms with E-state index in [0.717, 1.165) is 6.07 Å². The van der Waals surface area contributed by atoms with Gasteiger partial charge in [-0.2, -0.15) is 0 Å². The van der Waals surface area contributed by atoms with E-state index < -0.39 is 29.3 Å². The number of amides is 1. The molecule has 0 aliphatic heterocycles. The molecule has 2 aromatic carbocycles. The van der Waals surface area contributed by atoms with Crippen LogP contribution in [0, 0.1) is 10.1 Å². The molecule has 1 amide bonds. The lowest BCUT2D eigenvalue weighted by molar-refractivity contribution is -0.384. The van der Waals surface area contributed by atoms with Gasteiger partial charge in [-0.25, -0.2) is 0 Å². The van der Waals surface area contributed by atoms with Crippen LogP contribution in [0.25, 0.3) is 0 Å². The van der Waals surface area contributed by atoms with Crippen LogP contribution in [0.15, 0.2) is 42.5 Å². The molecule has 7 nitrogen and oxygen atoms in total. The Labute approximate surface area is 152 Å². The maximum absolute atomic E-state index is 12.4. The number of nitrogens with zero attached hydrogens (tertiary/aromatic N) is 1. The van der Waals surface area contributed by atoms with Crippen LogP contribution in [-0.2, 0) is 4.79 Å². The average Bonchev–Trinajstić information content (AvgIpc) is 2.54. The van der Waals surface area contributed by atoms with Crippen molar-refractivity contribution in [3.63, 3.8) is 0 Å². The van der Waals surface area contributed by atoms with Crippen LogP contribution < -0.4 is 5.32 Å². The van der Waals surface area contributed by atoms with Crippen LogP contribution in [0.5, 0.6) is 0 Å². The fourth-order valence-corrected chi connectivity index (χ4v) is 2.74. The quantitative estimate of drug-likeness (QED) is 0.582. The van der Waals surface area contributed by atoms with E-state index in [2.05, 4.69) is 5.32 Å². The van der Waals surface area contributed by atoms with Gasteiger partial charge in [-0.1, -0.05) is 35.3 Å². The zero-order valence-corrected chi connectivity index (χ0v) is 14.1. The number of aliphatic carboxylic acids is 1. The average molecular weight is 383 g/mol. The second-order valence-electron chi connectivity index (χ2n) is 5.10. The minimum Gasteiger partial charge on any atom is -0.481 e. The first-order valence-electron chi connectivity index (χ1n) is 7.00. The van der Waals surface area contributed by atoms with Crippen molar-refractivity contribution >= 4 is 40.8 Å². The van der Waals surface area contributed by atoms with Gasteiger partial charge in [0.15, 0.2) is 0 Å². The molecule has 2 rings (SSSR count). The van der Waals surface area contributed by atoms with Crippen LogP contribution in [-0.4, -0.2) is 21.9 Å². The second kappa shape index (κ2) is 7.96. The van der Waals surface area contributed by atoms with Crippen molar-refractivity contribution in [2.24, 2.45) is 0 Å². The van der Waals surface area contributed by atoms with Crippen molar-refractivity contribution in [2.45, 2.75) is 12.5 Å². The van der Waals surface area contributed by atoms with E-state index in [1.807, 2.05) is 0 Å². The molecule has 0 unspecified atom stereocenters. The Bertz CT molecular complexity index is 841. The molecule has 0 bridgehead atoms. The molecule has 130 valence electrons. The summed E-state index contributed by atoms with van der Waals surface area (Å²) in [5, 5.41) is 23.0. The summed E-state index contributed by atoms with van der Waals surface area (Å²) in [6, 6.07) is 8.68. The minimum absolute atomic E-state index is 0.0367. The highest BCUT2D eigenvalue weighted by Crippen LogP contribution is 2.28. The SMILES string of the molecule is O=C(O)C[C@@H](NC(=O)c1cccc([N+](=O)[O-])c1)c1ccc(Cl)cc1Cl. The number of halogens is 2. The molecule has 0 aromatic heterocycles. The van der Waals surface area contributed by atoms with Crippen molar-refractivity contribution in [3.8, 4) is 0 Å². The number of hydrogen-bond donors (Lipinski definition) is 2. The zero-order chi connectivity index (χ0) is 18.6. The summed E-state index contributed by atoms with van der Waals surface area (Å²) in [6.45, 7) is 0. The molecular formula is C16H12Cl2N2O5. The number of hydrogen-bond acceptors (Lipinski definition) is 4. The largest absolute Gasteiger partial charge is 0.481 e. The monoisotopic (exact) mass is 382 g/mol. The first-order chi connectivity index (χ1) is 11.8. The smallest absolute Gasteiger partial charge is 0.305 e. The van der Waals surface area contributed by atoms with Crippen LogP contribution >= 0.6 is 23.2 Å². The summed E-state index contributed by atoms with van der Waals surface area (Å²) in [7, 11) is 0. The molecule has 1 atom stereocenters. The number of carboxylic acids is 1. The Morgan fingerprint density at radius 3 is 2.52 bits per heavy atom. The Morgan fingerprint density at radius 1 is 1.20 bits per heavy atom. The number of carbonyl (C=O) groups is 2. The number of non-ortho nitro benzene ring substituents is 1. The molecule has 0 saturated heterocycles. The number of nitro benzene ring substituents is 1. The van der Waals surface area contributed by atoms with Crippen molar-refractivity contribution in [1.29, 1.82) is 0 Å². The first-order valence-corrected chi connectivity index (χ1v) is 7.75. The topological polar surface area (TPSA) is 110 Å². The van der Waals surface area contributed by atoms with Gasteiger partial charge in [-0.3, -0.25) is 19.7 Å². The summed E-state index contributed by atoms with van der Waals surface area (Å²) in [5.74, 6) is -1.80. The predicted molar refractivity (Wildman–Crippen MR) is 92.0 cm³/mol. The minimum atomic E-state index is -1.14. The van der Waals surface area contributed by atoms with Gasteiger partial charge in [0.1, 0.15) is 0 Å². The molecule has 25 heavy (non-hydrogen) atoms. The summed E-state index contributed by atoms with van der Waals surface area (Å²) in [6.07, 6.45) is -0.415. The molecule has 0 saturated carbocycles. The van der Waals surface area contributed by atoms with E-state index in [9.17, 15) is 19.7 Å². The van der Waals surface area contributed by atoms with E-state index >= 15 is 0 Å². The molecule has 0 aliphatic rings. The summed E-state index contributed by atoms with van der Waals surface area (Å²) in [4.78, 5) is 33.7. The van der Waals surface area contributed by atoms with Crippen molar-refractivity contribution in [2.75, 3.05) is 0 Å². The number of benzene rings is 2. The Kier molecular flexibility index (Phi) is 5.95. The third-order valence-electron chi connectivity index (χ3n) is 3.34. The van der Waals surface area contributed by atoms with Crippen LogP contribution in [0.3, 0.4) is 0 Å². The standard InChI is InChI=1S/C16H12Cl2N2O5/c17-10-4-5-12(13(18)7-10)14(8-15(21)22)19-16(23)9-2-1-3-11(6-9)20(24)25/h1-7,14H,8H2,(H,19,23)(H,21,22)/t14-/m1/s1. The van der Waals surface area contributed by atoms with E-state index in [1.165, 1.54) is 36.4 Å². The molecular weight excluding hydrogens is 371 g/mol. The first kappa shape index (κ1) is 18.7. The molecule has 0 heterocycles. The molecule has 2 N–H and O–H groups in total. The highest BCUT2D eigenvalue weighted by molar-refractivity contribution is 6.35. The molecule has 2 aromatic rings. The van der Waals surface area contributed by atoms with E-state index in [0.29, 0.717) is 10.6 Å². The Hall–Kier alpha value is -2.64. The van der Waals surface area contributed by atoms with E-state index in [-0.39, 0.29) is 16.3 Å². The fraction of sp³-hybridized carbons (Fsp3) is 0.125. The van der Waals surface area contributed by atoms with Gasteiger partial charge in [0.2, 0.25) is 0 Å². The van der Waals surface area contributed by atoms with Gasteiger partial charge in [0.05, 0.1) is 17.4 Å². The highest BCUT2D eigenvalue weighted by Gasteiger charge is 2.22. The maximum atomic E-state index is 12.4. The molecule has 0 radical (unpaired) electrons. The van der Waals surface area contributed by atoms with Crippen molar-refractivity contribution in [1.82, 2.24) is 5.32 Å². The van der Waals surface area contributed by atoms with Gasteiger partial charge in [-0.15, -0.1) is 0 Å². The lowest BCUT2D eigenvalue weighted by Gasteiger charge is -2.19. The lowest BCUT2D eigenvalue weighted by Crippen LogP contribution is -2.30. The van der Waals surface area contributed by atoms with Crippen LogP contribution in [0.1, 0.15) is 28.4 Å². The Morgan fingerprint density at radius 2 is 1.92 bits per heavy atom. The Balaban J connectivity index is 2.30.